The van der Waals surface area contributed by atoms with E-state index >= 15 is 0 Å². The standard InChI is InChI=1S/C12H22N2O2S2/c13-12(17)11(10-4-2-1-3-5-10)14-18(15,16)8-9-6-7-9/h9-11,14H,1-8H2,(H2,13,17). The molecule has 4 nitrogen and oxygen atoms in total. The van der Waals surface area contributed by atoms with Crippen molar-refractivity contribution in [1.29, 1.82) is 0 Å². The molecule has 0 radical (unpaired) electrons. The van der Waals surface area contributed by atoms with Crippen LogP contribution in [0.15, 0.2) is 0 Å². The van der Waals surface area contributed by atoms with Crippen LogP contribution in [0, 0.1) is 11.8 Å². The normalized spacial score (nSPS) is 23.8. The SMILES string of the molecule is NC(=S)C(NS(=O)(=O)CC1CC1)C1CCCCC1. The van der Waals surface area contributed by atoms with Crippen molar-refractivity contribution in [2.24, 2.45) is 17.6 Å². The second-order valence-electron chi connectivity index (χ2n) is 5.62. The number of thiocarbonyl (C=S) groups is 1. The van der Waals surface area contributed by atoms with Gasteiger partial charge in [-0.05, 0) is 37.5 Å². The van der Waals surface area contributed by atoms with Gasteiger partial charge in [-0.15, -0.1) is 0 Å². The molecule has 2 fully saturated rings. The first-order valence-electron chi connectivity index (χ1n) is 6.77. The van der Waals surface area contributed by atoms with Crippen molar-refractivity contribution in [1.82, 2.24) is 4.72 Å². The third-order valence-electron chi connectivity index (χ3n) is 3.89. The van der Waals surface area contributed by atoms with Crippen molar-refractivity contribution in [2.45, 2.75) is 51.0 Å². The van der Waals surface area contributed by atoms with Gasteiger partial charge in [0, 0.05) is 0 Å². The van der Waals surface area contributed by atoms with Gasteiger partial charge in [0.15, 0.2) is 0 Å². The molecule has 0 aromatic heterocycles. The first kappa shape index (κ1) is 14.2. The molecule has 0 spiro atoms. The van der Waals surface area contributed by atoms with Gasteiger partial charge in [0.1, 0.15) is 0 Å². The summed E-state index contributed by atoms with van der Waals surface area (Å²) < 4.78 is 26.8. The van der Waals surface area contributed by atoms with Crippen LogP contribution in [-0.2, 0) is 10.0 Å². The highest BCUT2D eigenvalue weighted by atomic mass is 32.2. The molecule has 3 N–H and O–H groups in total. The Kier molecular flexibility index (Phi) is 4.61. The summed E-state index contributed by atoms with van der Waals surface area (Å²) in [5.41, 5.74) is 5.73. The van der Waals surface area contributed by atoms with E-state index in [0.29, 0.717) is 10.9 Å². The Bertz CT molecular complexity index is 398. The average molecular weight is 290 g/mol. The fourth-order valence-corrected chi connectivity index (χ4v) is 4.77. The fourth-order valence-electron chi connectivity index (χ4n) is 2.69. The summed E-state index contributed by atoms with van der Waals surface area (Å²) in [5.74, 6) is 0.866. The van der Waals surface area contributed by atoms with Crippen LogP contribution in [0.2, 0.25) is 0 Å². The van der Waals surface area contributed by atoms with Gasteiger partial charge in [-0.2, -0.15) is 0 Å². The summed E-state index contributed by atoms with van der Waals surface area (Å²) >= 11 is 5.05. The predicted octanol–water partition coefficient (Wildman–Crippen LogP) is 1.55. The molecule has 2 rings (SSSR count). The van der Waals surface area contributed by atoms with E-state index in [1.807, 2.05) is 0 Å². The molecule has 0 saturated heterocycles. The molecule has 2 saturated carbocycles. The zero-order valence-corrected chi connectivity index (χ0v) is 12.2. The molecule has 2 aliphatic carbocycles. The molecule has 0 heterocycles. The lowest BCUT2D eigenvalue weighted by Crippen LogP contribution is -2.49. The van der Waals surface area contributed by atoms with E-state index in [9.17, 15) is 8.42 Å². The third kappa shape index (κ3) is 4.17. The maximum Gasteiger partial charge on any atom is 0.212 e. The number of rotatable bonds is 6. The molecule has 0 aromatic carbocycles. The van der Waals surface area contributed by atoms with Crippen LogP contribution in [0.3, 0.4) is 0 Å². The first-order chi connectivity index (χ1) is 8.48. The van der Waals surface area contributed by atoms with Gasteiger partial charge < -0.3 is 5.73 Å². The van der Waals surface area contributed by atoms with Crippen LogP contribution < -0.4 is 10.5 Å². The maximum atomic E-state index is 12.0. The summed E-state index contributed by atoms with van der Waals surface area (Å²) in [7, 11) is -3.23. The van der Waals surface area contributed by atoms with Crippen LogP contribution in [-0.4, -0.2) is 25.2 Å². The smallest absolute Gasteiger partial charge is 0.212 e. The monoisotopic (exact) mass is 290 g/mol. The van der Waals surface area contributed by atoms with E-state index in [-0.39, 0.29) is 17.7 Å². The molecule has 18 heavy (non-hydrogen) atoms. The molecule has 0 aliphatic heterocycles. The topological polar surface area (TPSA) is 72.2 Å². The minimum absolute atomic E-state index is 0.235. The Hall–Kier alpha value is -0.200. The fraction of sp³-hybridized carbons (Fsp3) is 0.917. The Labute approximate surface area is 115 Å². The Balaban J connectivity index is 1.98. The van der Waals surface area contributed by atoms with Gasteiger partial charge >= 0.3 is 0 Å². The molecular weight excluding hydrogens is 268 g/mol. The predicted molar refractivity (Wildman–Crippen MR) is 76.8 cm³/mol. The Morgan fingerprint density at radius 3 is 2.33 bits per heavy atom. The van der Waals surface area contributed by atoms with E-state index < -0.39 is 10.0 Å². The van der Waals surface area contributed by atoms with Gasteiger partial charge in [0.2, 0.25) is 10.0 Å². The lowest BCUT2D eigenvalue weighted by molar-refractivity contribution is 0.330. The summed E-state index contributed by atoms with van der Waals surface area (Å²) in [6, 6.07) is -0.343. The van der Waals surface area contributed by atoms with Gasteiger partial charge in [-0.3, -0.25) is 0 Å². The average Bonchev–Trinajstić information content (AvgIpc) is 3.10. The minimum atomic E-state index is -3.23. The molecule has 0 aromatic rings. The van der Waals surface area contributed by atoms with E-state index in [4.69, 9.17) is 18.0 Å². The highest BCUT2D eigenvalue weighted by Gasteiger charge is 2.33. The van der Waals surface area contributed by atoms with Crippen molar-refractivity contribution in [2.75, 3.05) is 5.75 Å². The highest BCUT2D eigenvalue weighted by molar-refractivity contribution is 7.89. The number of sulfonamides is 1. The number of hydrogen-bond donors (Lipinski definition) is 2. The quantitative estimate of drug-likeness (QED) is 0.728. The Morgan fingerprint density at radius 2 is 1.83 bits per heavy atom. The molecule has 2 aliphatic rings. The zero-order valence-electron chi connectivity index (χ0n) is 10.6. The second-order valence-corrected chi connectivity index (χ2v) is 7.89. The molecule has 1 atom stereocenters. The van der Waals surface area contributed by atoms with Gasteiger partial charge in [0.25, 0.3) is 0 Å². The second kappa shape index (κ2) is 5.84. The van der Waals surface area contributed by atoms with E-state index in [2.05, 4.69) is 4.72 Å². The first-order valence-corrected chi connectivity index (χ1v) is 8.83. The number of nitrogens with two attached hydrogens (primary N) is 1. The highest BCUT2D eigenvalue weighted by Crippen LogP contribution is 2.31. The van der Waals surface area contributed by atoms with E-state index in [1.165, 1.54) is 6.42 Å². The van der Waals surface area contributed by atoms with E-state index in [0.717, 1.165) is 38.5 Å². The van der Waals surface area contributed by atoms with Crippen molar-refractivity contribution >= 4 is 27.2 Å². The van der Waals surface area contributed by atoms with Crippen LogP contribution in [0.5, 0.6) is 0 Å². The minimum Gasteiger partial charge on any atom is -0.392 e. The van der Waals surface area contributed by atoms with Gasteiger partial charge in [-0.1, -0.05) is 31.5 Å². The zero-order chi connectivity index (χ0) is 13.2. The van der Waals surface area contributed by atoms with Crippen LogP contribution in [0.1, 0.15) is 44.9 Å². The van der Waals surface area contributed by atoms with Crippen LogP contribution in [0.25, 0.3) is 0 Å². The van der Waals surface area contributed by atoms with Crippen LogP contribution >= 0.6 is 12.2 Å². The summed E-state index contributed by atoms with van der Waals surface area (Å²) in [6.07, 6.45) is 7.63. The summed E-state index contributed by atoms with van der Waals surface area (Å²) in [4.78, 5) is 0.293. The lowest BCUT2D eigenvalue weighted by Gasteiger charge is -2.30. The molecule has 1 unspecified atom stereocenters. The van der Waals surface area contributed by atoms with Gasteiger partial charge in [0.05, 0.1) is 16.8 Å². The molecule has 6 heteroatoms. The van der Waals surface area contributed by atoms with Crippen molar-refractivity contribution < 1.29 is 8.42 Å². The molecular formula is C12H22N2O2S2. The van der Waals surface area contributed by atoms with Crippen molar-refractivity contribution in [3.8, 4) is 0 Å². The summed E-state index contributed by atoms with van der Waals surface area (Å²) in [5, 5.41) is 0. The van der Waals surface area contributed by atoms with E-state index in [1.54, 1.807) is 0 Å². The van der Waals surface area contributed by atoms with Crippen LogP contribution in [0.4, 0.5) is 0 Å². The largest absolute Gasteiger partial charge is 0.392 e. The molecule has 104 valence electrons. The lowest BCUT2D eigenvalue weighted by atomic mass is 9.84. The molecule has 0 amide bonds. The van der Waals surface area contributed by atoms with Crippen molar-refractivity contribution in [3.05, 3.63) is 0 Å². The third-order valence-corrected chi connectivity index (χ3v) is 5.66. The Morgan fingerprint density at radius 1 is 1.22 bits per heavy atom. The number of hydrogen-bond acceptors (Lipinski definition) is 3. The molecule has 0 bridgehead atoms. The maximum absolute atomic E-state index is 12.0. The van der Waals surface area contributed by atoms with Gasteiger partial charge in [-0.25, -0.2) is 13.1 Å². The van der Waals surface area contributed by atoms with Crippen molar-refractivity contribution in [3.63, 3.8) is 0 Å². The summed E-state index contributed by atoms with van der Waals surface area (Å²) in [6.45, 7) is 0. The number of nitrogens with one attached hydrogen (secondary N) is 1.